The molecule has 1 unspecified atom stereocenters. The Kier molecular flexibility index (Phi) is 4.46. The van der Waals surface area contributed by atoms with Gasteiger partial charge < -0.3 is 10.0 Å². The van der Waals surface area contributed by atoms with Gasteiger partial charge in [-0.05, 0) is 5.56 Å². The van der Waals surface area contributed by atoms with Gasteiger partial charge in [-0.3, -0.25) is 4.79 Å². The van der Waals surface area contributed by atoms with Crippen molar-refractivity contribution in [1.82, 2.24) is 4.90 Å². The number of rotatable bonds is 5. The van der Waals surface area contributed by atoms with Crippen LogP contribution in [0.15, 0.2) is 43.0 Å². The number of carbonyl (C=O) groups excluding carboxylic acids is 1. The third-order valence-electron chi connectivity index (χ3n) is 2.39. The summed E-state index contributed by atoms with van der Waals surface area (Å²) in [6, 6.07) is 7.71. The Hall–Kier alpha value is -2.10. The smallest absolute Gasteiger partial charge is 0.331 e. The van der Waals surface area contributed by atoms with Crippen LogP contribution in [0.1, 0.15) is 18.5 Å². The average molecular weight is 233 g/mol. The molecule has 0 saturated carbocycles. The first kappa shape index (κ1) is 13.0. The highest BCUT2D eigenvalue weighted by molar-refractivity contribution is 5.83. The molecule has 0 aromatic heterocycles. The highest BCUT2D eigenvalue weighted by atomic mass is 16.4. The summed E-state index contributed by atoms with van der Waals surface area (Å²) in [7, 11) is 0. The van der Waals surface area contributed by atoms with Gasteiger partial charge in [-0.2, -0.15) is 0 Å². The summed E-state index contributed by atoms with van der Waals surface area (Å²) in [5.41, 5.74) is 0.581. The van der Waals surface area contributed by atoms with E-state index in [0.29, 0.717) is 5.56 Å². The summed E-state index contributed by atoms with van der Waals surface area (Å²) < 4.78 is 0. The number of hydrogen-bond acceptors (Lipinski definition) is 2. The van der Waals surface area contributed by atoms with E-state index in [4.69, 9.17) is 0 Å². The van der Waals surface area contributed by atoms with E-state index in [0.717, 1.165) is 0 Å². The molecule has 1 rings (SSSR count). The zero-order valence-corrected chi connectivity index (χ0v) is 9.67. The molecule has 90 valence electrons. The quantitative estimate of drug-likeness (QED) is 0.789. The molecule has 0 bridgehead atoms. The Morgan fingerprint density at radius 3 is 2.41 bits per heavy atom. The van der Waals surface area contributed by atoms with Gasteiger partial charge in [0.15, 0.2) is 6.04 Å². The molecular formula is C13H15NO3. The molecule has 1 amide bonds. The molecule has 1 atom stereocenters. The second-order valence-corrected chi connectivity index (χ2v) is 3.61. The summed E-state index contributed by atoms with van der Waals surface area (Å²) in [5.74, 6) is -1.34. The van der Waals surface area contributed by atoms with Crippen LogP contribution in [0.3, 0.4) is 0 Å². The molecule has 17 heavy (non-hydrogen) atoms. The van der Waals surface area contributed by atoms with E-state index < -0.39 is 12.0 Å². The third-order valence-corrected chi connectivity index (χ3v) is 2.39. The van der Waals surface area contributed by atoms with Crippen molar-refractivity contribution in [3.8, 4) is 0 Å². The first-order valence-corrected chi connectivity index (χ1v) is 5.23. The van der Waals surface area contributed by atoms with Crippen LogP contribution in [-0.2, 0) is 9.59 Å². The standard InChI is InChI=1S/C13H15NO3/c1-3-9-14(10(2)15)12(13(16)17)11-7-5-4-6-8-11/h3-8,12H,1,9H2,2H3,(H,16,17). The van der Waals surface area contributed by atoms with Gasteiger partial charge in [0, 0.05) is 13.5 Å². The number of carboxylic acid groups (broad SMARTS) is 1. The molecule has 1 aromatic rings. The SMILES string of the molecule is C=CCN(C(C)=O)C(C(=O)O)c1ccccc1. The van der Waals surface area contributed by atoms with Crippen LogP contribution in [0.25, 0.3) is 0 Å². The van der Waals surface area contributed by atoms with Crippen molar-refractivity contribution >= 4 is 11.9 Å². The van der Waals surface area contributed by atoms with Crippen molar-refractivity contribution in [3.05, 3.63) is 48.6 Å². The van der Waals surface area contributed by atoms with E-state index >= 15 is 0 Å². The molecular weight excluding hydrogens is 218 g/mol. The van der Waals surface area contributed by atoms with Crippen LogP contribution in [-0.4, -0.2) is 28.4 Å². The molecule has 1 aromatic carbocycles. The van der Waals surface area contributed by atoms with Gasteiger partial charge in [0.25, 0.3) is 0 Å². The van der Waals surface area contributed by atoms with Gasteiger partial charge in [0.2, 0.25) is 5.91 Å². The third kappa shape index (κ3) is 3.17. The monoisotopic (exact) mass is 233 g/mol. The predicted octanol–water partition coefficient (Wildman–Crippen LogP) is 1.85. The summed E-state index contributed by atoms with van der Waals surface area (Å²) >= 11 is 0. The highest BCUT2D eigenvalue weighted by Crippen LogP contribution is 2.21. The lowest BCUT2D eigenvalue weighted by Crippen LogP contribution is -2.37. The zero-order chi connectivity index (χ0) is 12.8. The largest absolute Gasteiger partial charge is 0.479 e. The van der Waals surface area contributed by atoms with Crippen molar-refractivity contribution in [2.24, 2.45) is 0 Å². The Morgan fingerprint density at radius 1 is 1.41 bits per heavy atom. The Morgan fingerprint density at radius 2 is 2.00 bits per heavy atom. The first-order valence-electron chi connectivity index (χ1n) is 5.23. The van der Waals surface area contributed by atoms with Gasteiger partial charge in [-0.25, -0.2) is 4.79 Å². The fourth-order valence-corrected chi connectivity index (χ4v) is 1.65. The second kappa shape index (κ2) is 5.84. The van der Waals surface area contributed by atoms with Crippen molar-refractivity contribution in [1.29, 1.82) is 0 Å². The maximum absolute atomic E-state index is 11.5. The molecule has 0 aliphatic carbocycles. The lowest BCUT2D eigenvalue weighted by molar-refractivity contribution is -0.149. The molecule has 1 N–H and O–H groups in total. The highest BCUT2D eigenvalue weighted by Gasteiger charge is 2.28. The van der Waals surface area contributed by atoms with Crippen LogP contribution in [0.2, 0.25) is 0 Å². The molecule has 0 aliphatic rings. The summed E-state index contributed by atoms with van der Waals surface area (Å²) in [4.78, 5) is 24.0. The molecule has 0 spiro atoms. The minimum Gasteiger partial charge on any atom is -0.479 e. The number of hydrogen-bond donors (Lipinski definition) is 1. The van der Waals surface area contributed by atoms with Gasteiger partial charge in [0.05, 0.1) is 0 Å². The van der Waals surface area contributed by atoms with E-state index in [9.17, 15) is 14.7 Å². The van der Waals surface area contributed by atoms with Gasteiger partial charge >= 0.3 is 5.97 Å². The predicted molar refractivity (Wildman–Crippen MR) is 64.4 cm³/mol. The minimum atomic E-state index is -1.05. The molecule has 0 aliphatic heterocycles. The summed E-state index contributed by atoms with van der Waals surface area (Å²) in [6.45, 7) is 5.09. The lowest BCUT2D eigenvalue weighted by atomic mass is 10.1. The van der Waals surface area contributed by atoms with Crippen molar-refractivity contribution in [3.63, 3.8) is 0 Å². The zero-order valence-electron chi connectivity index (χ0n) is 9.67. The molecule has 0 heterocycles. The Bertz CT molecular complexity index is 414. The maximum Gasteiger partial charge on any atom is 0.331 e. The fraction of sp³-hybridized carbons (Fsp3) is 0.231. The first-order chi connectivity index (χ1) is 8.07. The number of carboxylic acids is 1. The number of nitrogens with zero attached hydrogens (tertiary/aromatic N) is 1. The van der Waals surface area contributed by atoms with Crippen LogP contribution >= 0.6 is 0 Å². The second-order valence-electron chi connectivity index (χ2n) is 3.61. The fourth-order valence-electron chi connectivity index (χ4n) is 1.65. The van der Waals surface area contributed by atoms with Crippen LogP contribution in [0.5, 0.6) is 0 Å². The Balaban J connectivity index is 3.11. The lowest BCUT2D eigenvalue weighted by Gasteiger charge is -2.27. The van der Waals surface area contributed by atoms with E-state index in [2.05, 4.69) is 6.58 Å². The van der Waals surface area contributed by atoms with Crippen LogP contribution in [0, 0.1) is 0 Å². The van der Waals surface area contributed by atoms with Gasteiger partial charge in [-0.1, -0.05) is 36.4 Å². The molecule has 4 nitrogen and oxygen atoms in total. The van der Waals surface area contributed by atoms with E-state index in [1.165, 1.54) is 17.9 Å². The number of amides is 1. The maximum atomic E-state index is 11.5. The molecule has 0 fully saturated rings. The minimum absolute atomic E-state index is 0.210. The van der Waals surface area contributed by atoms with Crippen molar-refractivity contribution < 1.29 is 14.7 Å². The Labute approximate surface area is 100 Å². The number of aliphatic carboxylic acids is 1. The number of benzene rings is 1. The average Bonchev–Trinajstić information content (AvgIpc) is 2.29. The molecule has 0 saturated heterocycles. The molecule has 0 radical (unpaired) electrons. The normalized spacial score (nSPS) is 11.6. The van der Waals surface area contributed by atoms with E-state index in [-0.39, 0.29) is 12.5 Å². The van der Waals surface area contributed by atoms with Crippen LogP contribution < -0.4 is 0 Å². The summed E-state index contributed by atoms with van der Waals surface area (Å²) in [5, 5.41) is 9.24. The number of carbonyl (C=O) groups is 2. The van der Waals surface area contributed by atoms with Crippen LogP contribution in [0.4, 0.5) is 0 Å². The van der Waals surface area contributed by atoms with Gasteiger partial charge in [0.1, 0.15) is 0 Å². The van der Waals surface area contributed by atoms with Crippen molar-refractivity contribution in [2.45, 2.75) is 13.0 Å². The molecule has 4 heteroatoms. The van der Waals surface area contributed by atoms with E-state index in [1.54, 1.807) is 30.3 Å². The topological polar surface area (TPSA) is 57.6 Å². The van der Waals surface area contributed by atoms with Gasteiger partial charge in [-0.15, -0.1) is 6.58 Å². The van der Waals surface area contributed by atoms with E-state index in [1.807, 2.05) is 0 Å². The van der Waals surface area contributed by atoms with Crippen molar-refractivity contribution in [2.75, 3.05) is 6.54 Å². The summed E-state index contributed by atoms with van der Waals surface area (Å²) in [6.07, 6.45) is 1.51.